The predicted octanol–water partition coefficient (Wildman–Crippen LogP) is 2.24. The molecule has 0 bridgehead atoms. The van der Waals surface area contributed by atoms with Gasteiger partial charge in [-0.15, -0.1) is 0 Å². The third kappa shape index (κ3) is 3.29. The van der Waals surface area contributed by atoms with Crippen LogP contribution >= 0.6 is 0 Å². The molecule has 0 saturated carbocycles. The zero-order valence-corrected chi connectivity index (χ0v) is 11.7. The number of rotatable bonds is 5. The van der Waals surface area contributed by atoms with E-state index >= 15 is 0 Å². The van der Waals surface area contributed by atoms with Crippen molar-refractivity contribution in [1.29, 1.82) is 0 Å². The van der Waals surface area contributed by atoms with Crippen LogP contribution in [0, 0.1) is 0 Å². The molecule has 0 spiro atoms. The van der Waals surface area contributed by atoms with Crippen LogP contribution in [-0.2, 0) is 0 Å². The zero-order valence-electron chi connectivity index (χ0n) is 11.7. The van der Waals surface area contributed by atoms with Gasteiger partial charge in [0.2, 0.25) is 0 Å². The first-order valence-electron chi connectivity index (χ1n) is 6.48. The zero-order chi connectivity index (χ0) is 13.7. The lowest BCUT2D eigenvalue weighted by atomic mass is 10.0. The van der Waals surface area contributed by atoms with Crippen molar-refractivity contribution >= 4 is 5.69 Å². The maximum Gasteiger partial charge on any atom is 0.115 e. The summed E-state index contributed by atoms with van der Waals surface area (Å²) in [5.41, 5.74) is 3.51. The quantitative estimate of drug-likeness (QED) is 0.890. The van der Waals surface area contributed by atoms with Crippen LogP contribution in [0.2, 0.25) is 0 Å². The summed E-state index contributed by atoms with van der Waals surface area (Å²) in [5, 5.41) is 3.47. The van der Waals surface area contributed by atoms with Crippen LogP contribution in [0.3, 0.4) is 0 Å². The summed E-state index contributed by atoms with van der Waals surface area (Å²) in [5.74, 6) is 0. The van der Waals surface area contributed by atoms with Crippen molar-refractivity contribution in [3.05, 3.63) is 54.1 Å². The highest BCUT2D eigenvalue weighted by atomic mass is 15.1. The number of hydrogen-bond acceptors (Lipinski definition) is 4. The average Bonchev–Trinajstić information content (AvgIpc) is 2.46. The maximum atomic E-state index is 4.10. The van der Waals surface area contributed by atoms with E-state index < -0.39 is 0 Å². The highest BCUT2D eigenvalue weighted by Gasteiger charge is 2.13. The first-order chi connectivity index (χ1) is 9.22. The van der Waals surface area contributed by atoms with Gasteiger partial charge in [0.1, 0.15) is 6.33 Å². The van der Waals surface area contributed by atoms with E-state index in [4.69, 9.17) is 0 Å². The van der Waals surface area contributed by atoms with Crippen LogP contribution in [0.5, 0.6) is 0 Å². The molecular formula is C15H20N4. The number of nitrogens with one attached hydrogen (secondary N) is 1. The molecule has 2 rings (SSSR count). The summed E-state index contributed by atoms with van der Waals surface area (Å²) in [6.45, 7) is 3.00. The van der Waals surface area contributed by atoms with Crippen LogP contribution in [0.25, 0.3) is 0 Å². The Labute approximate surface area is 114 Å². The topological polar surface area (TPSA) is 41.0 Å². The van der Waals surface area contributed by atoms with Crippen molar-refractivity contribution in [2.24, 2.45) is 0 Å². The molecule has 19 heavy (non-hydrogen) atoms. The molecule has 1 aromatic carbocycles. The Morgan fingerprint density at radius 1 is 1.05 bits per heavy atom. The number of nitrogens with zero attached hydrogens (tertiary/aromatic N) is 3. The van der Waals surface area contributed by atoms with Crippen LogP contribution in [0.15, 0.2) is 43.0 Å². The molecule has 2 aromatic rings. The molecule has 0 aliphatic rings. The molecule has 0 amide bonds. The summed E-state index contributed by atoms with van der Waals surface area (Å²) in [4.78, 5) is 10.3. The minimum atomic E-state index is 0.141. The van der Waals surface area contributed by atoms with Gasteiger partial charge in [-0.25, -0.2) is 9.97 Å². The first-order valence-corrected chi connectivity index (χ1v) is 6.48. The third-order valence-corrected chi connectivity index (χ3v) is 3.06. The highest BCUT2D eigenvalue weighted by molar-refractivity contribution is 5.47. The molecule has 1 aromatic heterocycles. The van der Waals surface area contributed by atoms with Crippen LogP contribution in [-0.4, -0.2) is 30.6 Å². The normalized spacial score (nSPS) is 12.2. The average molecular weight is 256 g/mol. The van der Waals surface area contributed by atoms with E-state index in [1.807, 2.05) is 26.5 Å². The second-order valence-corrected chi connectivity index (χ2v) is 4.65. The minimum absolute atomic E-state index is 0.141. The van der Waals surface area contributed by atoms with E-state index in [1.54, 1.807) is 6.33 Å². The molecular weight excluding hydrogens is 236 g/mol. The van der Waals surface area contributed by atoms with Gasteiger partial charge < -0.3 is 10.2 Å². The van der Waals surface area contributed by atoms with Crippen molar-refractivity contribution in [3.8, 4) is 0 Å². The van der Waals surface area contributed by atoms with Gasteiger partial charge >= 0.3 is 0 Å². The van der Waals surface area contributed by atoms with E-state index in [0.29, 0.717) is 0 Å². The van der Waals surface area contributed by atoms with Gasteiger partial charge in [0, 0.05) is 37.7 Å². The second kappa shape index (κ2) is 6.29. The third-order valence-electron chi connectivity index (χ3n) is 3.06. The molecule has 0 aliphatic carbocycles. The van der Waals surface area contributed by atoms with Crippen LogP contribution in [0.4, 0.5) is 5.69 Å². The Hall–Kier alpha value is -1.94. The molecule has 4 nitrogen and oxygen atoms in total. The van der Waals surface area contributed by atoms with Gasteiger partial charge in [0.25, 0.3) is 0 Å². The Bertz CT molecular complexity index is 493. The van der Waals surface area contributed by atoms with Crippen molar-refractivity contribution in [2.45, 2.75) is 13.0 Å². The summed E-state index contributed by atoms with van der Waals surface area (Å²) < 4.78 is 0. The predicted molar refractivity (Wildman–Crippen MR) is 78.3 cm³/mol. The van der Waals surface area contributed by atoms with E-state index in [1.165, 1.54) is 11.3 Å². The first kappa shape index (κ1) is 13.5. The molecule has 0 aliphatic heterocycles. The lowest BCUT2D eigenvalue weighted by Crippen LogP contribution is -2.22. The second-order valence-electron chi connectivity index (χ2n) is 4.65. The number of anilines is 1. The van der Waals surface area contributed by atoms with Gasteiger partial charge in [-0.3, -0.25) is 0 Å². The maximum absolute atomic E-state index is 4.10. The molecule has 1 N–H and O–H groups in total. The molecule has 1 atom stereocenters. The largest absolute Gasteiger partial charge is 0.378 e. The Balaban J connectivity index is 2.29. The Morgan fingerprint density at radius 3 is 2.21 bits per heavy atom. The Kier molecular flexibility index (Phi) is 4.47. The fraction of sp³-hybridized carbons (Fsp3) is 0.333. The molecule has 1 heterocycles. The number of aromatic nitrogens is 2. The summed E-state index contributed by atoms with van der Waals surface area (Å²) in [7, 11) is 4.09. The molecule has 1 unspecified atom stereocenters. The number of hydrogen-bond donors (Lipinski definition) is 1. The smallest absolute Gasteiger partial charge is 0.115 e. The van der Waals surface area contributed by atoms with Gasteiger partial charge in [0.05, 0.1) is 6.04 Å². The van der Waals surface area contributed by atoms with Crippen LogP contribution in [0.1, 0.15) is 24.1 Å². The van der Waals surface area contributed by atoms with E-state index in [9.17, 15) is 0 Å². The van der Waals surface area contributed by atoms with Crippen molar-refractivity contribution < 1.29 is 0 Å². The lowest BCUT2D eigenvalue weighted by molar-refractivity contribution is 0.626. The van der Waals surface area contributed by atoms with E-state index in [0.717, 1.165) is 12.1 Å². The number of benzene rings is 1. The molecule has 100 valence electrons. The summed E-state index contributed by atoms with van der Waals surface area (Å²) in [6.07, 6.45) is 5.28. The van der Waals surface area contributed by atoms with Crippen LogP contribution < -0.4 is 10.2 Å². The van der Waals surface area contributed by atoms with Gasteiger partial charge in [-0.1, -0.05) is 19.1 Å². The van der Waals surface area contributed by atoms with Crippen molar-refractivity contribution in [2.75, 3.05) is 25.5 Å². The standard InChI is InChI=1S/C15H20N4/c1-4-18-15(13-9-16-11-17-10-13)12-5-7-14(8-6-12)19(2)3/h5-11,15,18H,4H2,1-3H3. The molecule has 0 saturated heterocycles. The minimum Gasteiger partial charge on any atom is -0.378 e. The summed E-state index contributed by atoms with van der Waals surface area (Å²) in [6, 6.07) is 8.69. The lowest BCUT2D eigenvalue weighted by Gasteiger charge is -2.19. The monoisotopic (exact) mass is 256 g/mol. The molecule has 0 fully saturated rings. The highest BCUT2D eigenvalue weighted by Crippen LogP contribution is 2.23. The molecule has 0 radical (unpaired) electrons. The molecule has 4 heteroatoms. The fourth-order valence-corrected chi connectivity index (χ4v) is 2.06. The van der Waals surface area contributed by atoms with Crippen molar-refractivity contribution in [1.82, 2.24) is 15.3 Å². The van der Waals surface area contributed by atoms with Crippen molar-refractivity contribution in [3.63, 3.8) is 0 Å². The van der Waals surface area contributed by atoms with E-state index in [2.05, 4.69) is 51.4 Å². The van der Waals surface area contributed by atoms with Gasteiger partial charge in [-0.2, -0.15) is 0 Å². The fourth-order valence-electron chi connectivity index (χ4n) is 2.06. The van der Waals surface area contributed by atoms with Gasteiger partial charge in [-0.05, 0) is 24.2 Å². The Morgan fingerprint density at radius 2 is 1.68 bits per heavy atom. The van der Waals surface area contributed by atoms with Gasteiger partial charge in [0.15, 0.2) is 0 Å². The van der Waals surface area contributed by atoms with E-state index in [-0.39, 0.29) is 6.04 Å². The summed E-state index contributed by atoms with van der Waals surface area (Å²) >= 11 is 0. The SMILES string of the molecule is CCNC(c1ccc(N(C)C)cc1)c1cncnc1.